The Bertz CT molecular complexity index is 2010. The van der Waals surface area contributed by atoms with Gasteiger partial charge in [-0.25, -0.2) is 0 Å². The lowest BCUT2D eigenvalue weighted by Gasteiger charge is -2.44. The molecule has 0 radical (unpaired) electrons. The van der Waals surface area contributed by atoms with Gasteiger partial charge in [0.2, 0.25) is 0 Å². The molecule has 440 valence electrons. The SMILES string of the molecule is CON=C1C[C@@H](C)O[C@@H](O[C@@H]2[C@@H](C)[C@H](O[C@H]3CC(C)N(CCCc4ccccc4)C[C@H](C)O3)[C@@H](C)C(=O)O[C@H]([C@@H](C)CO[C@@H]3O[C@H](C)[C@@H](O)[C@@H](OC)[C@H]3OC)[C@H](C)[C@@H](OC(=O)CC(C)C)[C@@H](C)C(=O)[C@@](C)(O)C[C@@H]2C)[C@@H]1O. The summed E-state index contributed by atoms with van der Waals surface area (Å²) in [6.07, 6.45) is -10.1. The van der Waals surface area contributed by atoms with Gasteiger partial charge in [0.25, 0.3) is 0 Å². The molecule has 1 unspecified atom stereocenters. The van der Waals surface area contributed by atoms with Crippen LogP contribution in [0.15, 0.2) is 35.5 Å². The Kier molecular flexibility index (Phi) is 24.8. The third-order valence-electron chi connectivity index (χ3n) is 16.2. The van der Waals surface area contributed by atoms with Crippen LogP contribution in [0.1, 0.15) is 128 Å². The number of cyclic esters (lactones) is 1. The number of rotatable bonds is 18. The van der Waals surface area contributed by atoms with Crippen LogP contribution in [0.5, 0.6) is 0 Å². The van der Waals surface area contributed by atoms with Gasteiger partial charge in [0.1, 0.15) is 49.3 Å². The molecule has 22 atom stereocenters. The maximum Gasteiger partial charge on any atom is 0.311 e. The van der Waals surface area contributed by atoms with E-state index >= 15 is 9.59 Å². The highest BCUT2D eigenvalue weighted by Crippen LogP contribution is 2.39. The third kappa shape index (κ3) is 17.2. The van der Waals surface area contributed by atoms with Gasteiger partial charge in [-0.3, -0.25) is 19.3 Å². The predicted octanol–water partition coefficient (Wildman–Crippen LogP) is 6.28. The van der Waals surface area contributed by atoms with Gasteiger partial charge in [-0.2, -0.15) is 0 Å². The zero-order valence-electron chi connectivity index (χ0n) is 48.9. The molecule has 4 aliphatic rings. The number of hydrogen-bond acceptors (Lipinski definition) is 19. The zero-order valence-corrected chi connectivity index (χ0v) is 48.9. The summed E-state index contributed by atoms with van der Waals surface area (Å²) in [5.41, 5.74) is -0.437. The highest BCUT2D eigenvalue weighted by Gasteiger charge is 2.51. The first-order valence-electron chi connectivity index (χ1n) is 28.2. The number of aliphatic hydroxyl groups is 3. The summed E-state index contributed by atoms with van der Waals surface area (Å²) in [5, 5.41) is 39.2. The number of ether oxygens (including phenoxy) is 10. The molecule has 0 aromatic heterocycles. The Morgan fingerprint density at radius 2 is 1.49 bits per heavy atom. The van der Waals surface area contributed by atoms with Gasteiger partial charge >= 0.3 is 11.9 Å². The first-order valence-corrected chi connectivity index (χ1v) is 28.2. The fourth-order valence-corrected chi connectivity index (χ4v) is 12.0. The van der Waals surface area contributed by atoms with E-state index in [4.69, 9.17) is 52.2 Å². The largest absolute Gasteiger partial charge is 0.461 e. The Labute approximate surface area is 458 Å². The number of hydrogen-bond donors (Lipinski definition) is 3. The van der Waals surface area contributed by atoms with Gasteiger partial charge in [-0.1, -0.05) is 84.0 Å². The van der Waals surface area contributed by atoms with E-state index in [1.54, 1.807) is 27.7 Å². The zero-order chi connectivity index (χ0) is 57.1. The number of esters is 2. The van der Waals surface area contributed by atoms with Crippen molar-refractivity contribution in [3.8, 4) is 0 Å². The molecule has 0 bridgehead atoms. The summed E-state index contributed by atoms with van der Waals surface area (Å²) >= 11 is 0. The number of carbonyl (C=O) groups is 3. The maximum absolute atomic E-state index is 15.4. The molecular formula is C58H96N2O17. The number of aliphatic hydroxyl groups excluding tert-OH is 2. The number of oxime groups is 1. The van der Waals surface area contributed by atoms with Crippen molar-refractivity contribution in [2.75, 3.05) is 41.0 Å². The number of Topliss-reactive ketones (excluding diaryl/α,β-unsaturated/α-hetero) is 1. The normalized spacial score (nSPS) is 40.3. The van der Waals surface area contributed by atoms with E-state index in [-0.39, 0.29) is 43.9 Å². The minimum atomic E-state index is -2.02. The molecule has 5 rings (SSSR count). The lowest BCUT2D eigenvalue weighted by atomic mass is 9.74. The first kappa shape index (κ1) is 64.6. The standard InChI is InChI=1S/C58H96N2O17/c1-31(2)25-44(61)74-50-38(9)49(33(4)30-70-57-53(68-15)52(67-14)46(62)41(12)73-57)76-55(65)40(11)51(75-45-26-34(5)60(29-36(7)71-45)24-20-23-42-21-18-17-19-22-42)37(8)48(32(3)28-58(13,66)54(64)39(50)10)77-56-47(63)43(59-69-16)27-35(6)72-56/h17-19,21-22,31-41,45-53,56-57,62-63,66H,20,23-30H2,1-16H3/t32-,33-,34?,35+,36-,37+,38-,39+,40+,41+,45-,46+,47+,48-,49+,50+,51-,52+,53+,56-,57+,58-/m0/s1. The lowest BCUT2D eigenvalue weighted by Crippen LogP contribution is -2.59. The summed E-state index contributed by atoms with van der Waals surface area (Å²) in [6.45, 7) is 24.9. The summed E-state index contributed by atoms with van der Waals surface area (Å²) in [4.78, 5) is 51.6. The van der Waals surface area contributed by atoms with E-state index in [0.717, 1.165) is 19.4 Å². The average Bonchev–Trinajstić information content (AvgIpc) is 3.51. The number of nitrogens with zero attached hydrogens (tertiary/aromatic N) is 2. The van der Waals surface area contributed by atoms with Crippen LogP contribution in [0.3, 0.4) is 0 Å². The minimum Gasteiger partial charge on any atom is -0.461 e. The smallest absolute Gasteiger partial charge is 0.311 e. The van der Waals surface area contributed by atoms with Gasteiger partial charge in [-0.05, 0) is 84.7 Å². The second-order valence-corrected chi connectivity index (χ2v) is 23.5. The number of aryl methyl sites for hydroxylation is 1. The molecular weight excluding hydrogens is 997 g/mol. The Morgan fingerprint density at radius 3 is 2.13 bits per heavy atom. The molecule has 4 aliphatic heterocycles. The van der Waals surface area contributed by atoms with Crippen LogP contribution in [0, 0.1) is 41.4 Å². The van der Waals surface area contributed by atoms with Gasteiger partial charge in [0, 0.05) is 63.8 Å². The lowest BCUT2D eigenvalue weighted by molar-refractivity contribution is -0.305. The van der Waals surface area contributed by atoms with Crippen LogP contribution >= 0.6 is 0 Å². The van der Waals surface area contributed by atoms with Crippen LogP contribution < -0.4 is 0 Å². The second-order valence-electron chi connectivity index (χ2n) is 23.5. The molecule has 3 N–H and O–H groups in total. The molecule has 4 heterocycles. The number of carbonyl (C=O) groups excluding carboxylic acids is 3. The summed E-state index contributed by atoms with van der Waals surface area (Å²) in [6, 6.07) is 10.4. The quantitative estimate of drug-likeness (QED) is 0.109. The van der Waals surface area contributed by atoms with Crippen molar-refractivity contribution in [1.29, 1.82) is 0 Å². The fourth-order valence-electron chi connectivity index (χ4n) is 12.0. The van der Waals surface area contributed by atoms with Crippen molar-refractivity contribution < 1.29 is 81.9 Å². The molecule has 0 aliphatic carbocycles. The minimum absolute atomic E-state index is 0.0225. The molecule has 0 amide bonds. The van der Waals surface area contributed by atoms with Gasteiger partial charge < -0.3 is 67.5 Å². The highest BCUT2D eigenvalue weighted by molar-refractivity contribution is 5.90. The number of benzene rings is 1. The highest BCUT2D eigenvalue weighted by atomic mass is 16.7. The fraction of sp³-hybridized carbons (Fsp3) is 0.828. The first-order chi connectivity index (χ1) is 36.3. The van der Waals surface area contributed by atoms with Gasteiger partial charge in [0.15, 0.2) is 24.7 Å². The van der Waals surface area contributed by atoms with E-state index < -0.39 is 139 Å². The van der Waals surface area contributed by atoms with E-state index in [9.17, 15) is 20.1 Å². The van der Waals surface area contributed by atoms with Crippen LogP contribution in [0.4, 0.5) is 0 Å². The molecule has 0 saturated carbocycles. The Hall–Kier alpha value is -3.18. The molecule has 77 heavy (non-hydrogen) atoms. The van der Waals surface area contributed by atoms with Crippen molar-refractivity contribution in [3.05, 3.63) is 35.9 Å². The van der Waals surface area contributed by atoms with Crippen LogP contribution in [0.25, 0.3) is 0 Å². The average molecular weight is 1090 g/mol. The van der Waals surface area contributed by atoms with E-state index in [1.807, 2.05) is 54.5 Å². The summed E-state index contributed by atoms with van der Waals surface area (Å²) in [5.74, 6) is -6.93. The molecule has 1 aromatic carbocycles. The molecule has 1 aromatic rings. The number of ketones is 1. The molecule has 0 spiro atoms. The van der Waals surface area contributed by atoms with Crippen molar-refractivity contribution in [2.24, 2.45) is 46.6 Å². The monoisotopic (exact) mass is 1090 g/mol. The van der Waals surface area contributed by atoms with Crippen molar-refractivity contribution in [3.63, 3.8) is 0 Å². The summed E-state index contributed by atoms with van der Waals surface area (Å²) in [7, 11) is 4.32. The van der Waals surface area contributed by atoms with Crippen LogP contribution in [0.2, 0.25) is 0 Å². The molecule has 19 heteroatoms. The van der Waals surface area contributed by atoms with Crippen molar-refractivity contribution in [2.45, 2.75) is 226 Å². The predicted molar refractivity (Wildman–Crippen MR) is 286 cm³/mol. The van der Waals surface area contributed by atoms with Crippen LogP contribution in [-0.2, 0) is 73.0 Å². The number of methoxy groups -OCH3 is 2. The third-order valence-corrected chi connectivity index (χ3v) is 16.2. The van der Waals surface area contributed by atoms with Crippen molar-refractivity contribution in [1.82, 2.24) is 4.90 Å². The van der Waals surface area contributed by atoms with E-state index in [1.165, 1.54) is 33.8 Å². The Balaban J connectivity index is 1.59. The van der Waals surface area contributed by atoms with Crippen molar-refractivity contribution >= 4 is 23.4 Å². The molecule has 19 nitrogen and oxygen atoms in total. The summed E-state index contributed by atoms with van der Waals surface area (Å²) < 4.78 is 63.9. The molecule has 4 fully saturated rings. The topological polar surface area (TPSA) is 229 Å². The van der Waals surface area contributed by atoms with Gasteiger partial charge in [0.05, 0.1) is 54.7 Å². The maximum atomic E-state index is 15.4. The Morgan fingerprint density at radius 1 is 0.818 bits per heavy atom. The molecule has 4 saturated heterocycles. The van der Waals surface area contributed by atoms with E-state index in [2.05, 4.69) is 41.2 Å². The van der Waals surface area contributed by atoms with Gasteiger partial charge in [-0.15, -0.1) is 0 Å². The van der Waals surface area contributed by atoms with Crippen LogP contribution in [-0.4, -0.2) is 182 Å². The van der Waals surface area contributed by atoms with E-state index in [0.29, 0.717) is 18.7 Å². The second kappa shape index (κ2) is 29.5.